The number of likely N-dealkylation sites (tertiary alicyclic amines) is 2. The van der Waals surface area contributed by atoms with Crippen LogP contribution in [0.2, 0.25) is 0 Å². The van der Waals surface area contributed by atoms with Crippen LogP contribution in [-0.4, -0.2) is 77.7 Å². The molecule has 2 aliphatic heterocycles. The number of hydrogen-bond donors (Lipinski definition) is 0. The SMILES string of the molecule is C=CCOC(=O)N1C[C@@H](SC(c2ccccc2)(c2ccccc2)c2ccccc2)C[C@H]1C(=O)N1CC(=O)C(C(=O)OCC)C1. The number of esters is 1. The molecule has 2 amide bonds. The molecule has 1 unspecified atom stereocenters. The molecule has 5 rings (SSSR count). The third kappa shape index (κ3) is 6.28. The molecular weight excluding hydrogens is 576 g/mol. The lowest BCUT2D eigenvalue weighted by molar-refractivity contribution is -0.149. The largest absolute Gasteiger partial charge is 0.465 e. The number of amides is 2. The van der Waals surface area contributed by atoms with Crippen LogP contribution in [0.15, 0.2) is 104 Å². The molecule has 228 valence electrons. The van der Waals surface area contributed by atoms with Gasteiger partial charge < -0.3 is 14.4 Å². The first-order chi connectivity index (χ1) is 21.4. The van der Waals surface area contributed by atoms with Gasteiger partial charge in [-0.3, -0.25) is 19.3 Å². The lowest BCUT2D eigenvalue weighted by atomic mass is 9.84. The average Bonchev–Trinajstić information content (AvgIpc) is 3.67. The van der Waals surface area contributed by atoms with Gasteiger partial charge in [0.2, 0.25) is 5.91 Å². The fourth-order valence-electron chi connectivity index (χ4n) is 6.02. The van der Waals surface area contributed by atoms with E-state index in [1.54, 1.807) is 18.7 Å². The van der Waals surface area contributed by atoms with Gasteiger partial charge in [0.05, 0.1) is 17.9 Å². The lowest BCUT2D eigenvalue weighted by Gasteiger charge is -2.37. The minimum atomic E-state index is -1.02. The van der Waals surface area contributed by atoms with E-state index >= 15 is 0 Å². The monoisotopic (exact) mass is 612 g/mol. The molecule has 2 fully saturated rings. The second kappa shape index (κ2) is 13.9. The molecule has 3 atom stereocenters. The Balaban J connectivity index is 1.50. The minimum Gasteiger partial charge on any atom is -0.465 e. The summed E-state index contributed by atoms with van der Waals surface area (Å²) in [6, 6.07) is 29.8. The summed E-state index contributed by atoms with van der Waals surface area (Å²) in [6.45, 7) is 5.44. The number of ether oxygens (including phenoxy) is 2. The zero-order valence-electron chi connectivity index (χ0n) is 24.7. The second-order valence-electron chi connectivity index (χ2n) is 10.8. The van der Waals surface area contributed by atoms with Gasteiger partial charge in [-0.15, -0.1) is 11.8 Å². The minimum absolute atomic E-state index is 0.00314. The molecule has 3 aromatic rings. The Morgan fingerprint density at radius 2 is 1.43 bits per heavy atom. The second-order valence-corrected chi connectivity index (χ2v) is 12.3. The predicted molar refractivity (Wildman–Crippen MR) is 169 cm³/mol. The number of ketones is 1. The molecule has 8 nitrogen and oxygen atoms in total. The summed E-state index contributed by atoms with van der Waals surface area (Å²) in [5.74, 6) is -2.40. The highest BCUT2D eigenvalue weighted by atomic mass is 32.2. The van der Waals surface area contributed by atoms with Crippen molar-refractivity contribution in [1.82, 2.24) is 9.80 Å². The van der Waals surface area contributed by atoms with Crippen LogP contribution < -0.4 is 0 Å². The van der Waals surface area contributed by atoms with Crippen LogP contribution >= 0.6 is 11.8 Å². The molecule has 0 spiro atoms. The Hall–Kier alpha value is -4.37. The van der Waals surface area contributed by atoms with Gasteiger partial charge in [0.25, 0.3) is 0 Å². The van der Waals surface area contributed by atoms with Crippen molar-refractivity contribution >= 4 is 35.5 Å². The van der Waals surface area contributed by atoms with E-state index in [1.165, 1.54) is 15.9 Å². The summed E-state index contributed by atoms with van der Waals surface area (Å²) in [7, 11) is 0. The number of thioether (sulfide) groups is 1. The molecule has 44 heavy (non-hydrogen) atoms. The van der Waals surface area contributed by atoms with Crippen LogP contribution in [0.25, 0.3) is 0 Å². The highest BCUT2D eigenvalue weighted by Gasteiger charge is 2.49. The molecule has 3 aromatic carbocycles. The van der Waals surface area contributed by atoms with Gasteiger partial charge in [0.1, 0.15) is 18.6 Å². The first kappa shape index (κ1) is 31.1. The van der Waals surface area contributed by atoms with E-state index < -0.39 is 28.8 Å². The number of Topliss-reactive ketones (excluding diaryl/α,β-unsaturated/α-hetero) is 1. The summed E-state index contributed by atoms with van der Waals surface area (Å²) in [5.41, 5.74) is 3.21. The maximum Gasteiger partial charge on any atom is 0.410 e. The Bertz CT molecular complexity index is 1390. The maximum atomic E-state index is 14.0. The van der Waals surface area contributed by atoms with E-state index in [4.69, 9.17) is 9.47 Å². The molecule has 9 heteroatoms. The van der Waals surface area contributed by atoms with Crippen molar-refractivity contribution in [3.05, 3.63) is 120 Å². The van der Waals surface area contributed by atoms with Crippen LogP contribution in [0, 0.1) is 5.92 Å². The molecule has 2 heterocycles. The topological polar surface area (TPSA) is 93.2 Å². The van der Waals surface area contributed by atoms with E-state index in [9.17, 15) is 19.2 Å². The van der Waals surface area contributed by atoms with Crippen molar-refractivity contribution in [3.63, 3.8) is 0 Å². The zero-order chi connectivity index (χ0) is 31.1. The summed E-state index contributed by atoms with van der Waals surface area (Å²) >= 11 is 1.70. The van der Waals surface area contributed by atoms with E-state index in [1.807, 2.05) is 54.6 Å². The number of carbonyl (C=O) groups excluding carboxylic acids is 4. The summed E-state index contributed by atoms with van der Waals surface area (Å²) < 4.78 is 9.82. The number of carbonyl (C=O) groups is 4. The number of rotatable bonds is 10. The van der Waals surface area contributed by atoms with E-state index in [0.717, 1.165) is 16.7 Å². The van der Waals surface area contributed by atoms with Gasteiger partial charge in [-0.2, -0.15) is 0 Å². The number of nitrogens with zero attached hydrogens (tertiary/aromatic N) is 2. The molecule has 0 aromatic heterocycles. The fourth-order valence-corrected chi connectivity index (χ4v) is 7.85. The normalized spacial score (nSPS) is 19.9. The highest BCUT2D eigenvalue weighted by molar-refractivity contribution is 8.01. The van der Waals surface area contributed by atoms with Crippen LogP contribution in [0.1, 0.15) is 30.0 Å². The molecule has 0 saturated carbocycles. The van der Waals surface area contributed by atoms with Crippen molar-refractivity contribution < 1.29 is 28.7 Å². The third-order valence-corrected chi connectivity index (χ3v) is 9.75. The first-order valence-corrected chi connectivity index (χ1v) is 15.6. The quantitative estimate of drug-likeness (QED) is 0.137. The summed E-state index contributed by atoms with van der Waals surface area (Å²) in [4.78, 5) is 55.2. The Kier molecular flexibility index (Phi) is 9.85. The van der Waals surface area contributed by atoms with Crippen LogP contribution in [-0.2, 0) is 28.6 Å². The molecular formula is C35H36N2O6S. The summed E-state index contributed by atoms with van der Waals surface area (Å²) in [5, 5.41) is -0.181. The highest BCUT2D eigenvalue weighted by Crippen LogP contribution is 2.52. The van der Waals surface area contributed by atoms with Gasteiger partial charge >= 0.3 is 12.1 Å². The number of hydrogen-bond acceptors (Lipinski definition) is 7. The van der Waals surface area contributed by atoms with Gasteiger partial charge in [-0.25, -0.2) is 4.79 Å². The van der Waals surface area contributed by atoms with Crippen molar-refractivity contribution in [2.75, 3.05) is 32.8 Å². The average molecular weight is 613 g/mol. The van der Waals surface area contributed by atoms with E-state index in [-0.39, 0.29) is 49.8 Å². The van der Waals surface area contributed by atoms with E-state index in [0.29, 0.717) is 6.42 Å². The molecule has 2 saturated heterocycles. The standard InChI is InChI=1S/C35H36N2O6S/c1-3-20-43-34(41)37-22-28(21-30(37)32(39)36-23-29(31(38)24-36)33(40)42-4-2)44-35(25-14-8-5-9-15-25,26-16-10-6-11-17-26)27-18-12-7-13-19-27/h3,5-19,28-30H,1,4,20-24H2,2H3/t28-,29?,30-/m0/s1. The van der Waals surface area contributed by atoms with Gasteiger partial charge in [-0.1, -0.05) is 104 Å². The van der Waals surface area contributed by atoms with Crippen molar-refractivity contribution in [1.29, 1.82) is 0 Å². The van der Waals surface area contributed by atoms with Crippen LogP contribution in [0.5, 0.6) is 0 Å². The Morgan fingerprint density at radius 3 is 1.93 bits per heavy atom. The van der Waals surface area contributed by atoms with Crippen LogP contribution in [0.3, 0.4) is 0 Å². The van der Waals surface area contributed by atoms with Gasteiger partial charge in [-0.05, 0) is 30.0 Å². The van der Waals surface area contributed by atoms with Crippen molar-refractivity contribution in [3.8, 4) is 0 Å². The van der Waals surface area contributed by atoms with E-state index in [2.05, 4.69) is 43.0 Å². The fraction of sp³-hybridized carbons (Fsp3) is 0.314. The Morgan fingerprint density at radius 1 is 0.886 bits per heavy atom. The Labute approximate surface area is 262 Å². The maximum absolute atomic E-state index is 14.0. The zero-order valence-corrected chi connectivity index (χ0v) is 25.5. The molecule has 0 aliphatic carbocycles. The molecule has 0 bridgehead atoms. The first-order valence-electron chi connectivity index (χ1n) is 14.8. The lowest BCUT2D eigenvalue weighted by Crippen LogP contribution is -2.47. The van der Waals surface area contributed by atoms with Crippen molar-refractivity contribution in [2.24, 2.45) is 5.92 Å². The smallest absolute Gasteiger partial charge is 0.410 e. The van der Waals surface area contributed by atoms with Crippen LogP contribution in [0.4, 0.5) is 4.79 Å². The number of benzene rings is 3. The molecule has 0 radical (unpaired) electrons. The third-order valence-electron chi connectivity index (χ3n) is 8.01. The van der Waals surface area contributed by atoms with Crippen molar-refractivity contribution in [2.45, 2.75) is 29.4 Å². The predicted octanol–water partition coefficient (Wildman–Crippen LogP) is 5.07. The van der Waals surface area contributed by atoms with Gasteiger partial charge in [0, 0.05) is 18.3 Å². The summed E-state index contributed by atoms with van der Waals surface area (Å²) in [6.07, 6.45) is 1.20. The molecule has 2 aliphatic rings. The van der Waals surface area contributed by atoms with Gasteiger partial charge in [0.15, 0.2) is 5.78 Å². The molecule has 0 N–H and O–H groups in total.